The van der Waals surface area contributed by atoms with E-state index in [0.29, 0.717) is 11.9 Å². The highest BCUT2D eigenvalue weighted by Crippen LogP contribution is 2.25. The van der Waals surface area contributed by atoms with Gasteiger partial charge in [0.2, 0.25) is 0 Å². The van der Waals surface area contributed by atoms with Gasteiger partial charge in [0.15, 0.2) is 5.96 Å². The molecule has 3 N–H and O–H groups in total. The van der Waals surface area contributed by atoms with Crippen molar-refractivity contribution in [2.75, 3.05) is 11.9 Å². The lowest BCUT2D eigenvalue weighted by molar-refractivity contribution is 0.269. The molecule has 3 heteroatoms. The smallest absolute Gasteiger partial charge is 0.193 e. The van der Waals surface area contributed by atoms with Gasteiger partial charge in [-0.3, -0.25) is 4.99 Å². The molecule has 0 saturated heterocycles. The predicted octanol–water partition coefficient (Wildman–Crippen LogP) is 3.10. The van der Waals surface area contributed by atoms with Crippen LogP contribution in [0.25, 0.3) is 0 Å². The first kappa shape index (κ1) is 13.6. The second-order valence-corrected chi connectivity index (χ2v) is 5.48. The fraction of sp³-hybridized carbons (Fsp3) is 0.500. The number of hydrogen-bond donors (Lipinski definition) is 2. The normalized spacial score (nSPS) is 14.5. The summed E-state index contributed by atoms with van der Waals surface area (Å²) >= 11 is 0. The van der Waals surface area contributed by atoms with Crippen molar-refractivity contribution in [1.29, 1.82) is 0 Å². The summed E-state index contributed by atoms with van der Waals surface area (Å²) in [4.78, 5) is 4.37. The third kappa shape index (κ3) is 4.89. The van der Waals surface area contributed by atoms with E-state index in [-0.39, 0.29) is 5.41 Å². The Morgan fingerprint density at radius 2 is 1.88 bits per heavy atom. The van der Waals surface area contributed by atoms with Crippen molar-refractivity contribution in [2.24, 2.45) is 22.1 Å². The Hall–Kier alpha value is -1.51. The Kier molecular flexibility index (Phi) is 4.55. The van der Waals surface area contributed by atoms with Crippen LogP contribution in [-0.2, 0) is 0 Å². The third-order valence-corrected chi connectivity index (χ3v) is 3.06. The fourth-order valence-electron chi connectivity index (χ4n) is 1.22. The van der Waals surface area contributed by atoms with E-state index in [1.807, 2.05) is 30.3 Å². The predicted molar refractivity (Wildman–Crippen MR) is 75.2 cm³/mol. The fourth-order valence-corrected chi connectivity index (χ4v) is 1.22. The van der Waals surface area contributed by atoms with Gasteiger partial charge in [-0.05, 0) is 23.5 Å². The van der Waals surface area contributed by atoms with Crippen molar-refractivity contribution in [1.82, 2.24) is 0 Å². The molecule has 17 heavy (non-hydrogen) atoms. The van der Waals surface area contributed by atoms with Crippen molar-refractivity contribution in [3.8, 4) is 0 Å². The van der Waals surface area contributed by atoms with E-state index in [2.05, 4.69) is 38.0 Å². The Balaban J connectivity index is 2.51. The van der Waals surface area contributed by atoms with E-state index in [9.17, 15) is 0 Å². The number of para-hydroxylation sites is 1. The van der Waals surface area contributed by atoms with Gasteiger partial charge < -0.3 is 11.1 Å². The summed E-state index contributed by atoms with van der Waals surface area (Å²) in [5, 5.41) is 3.08. The topological polar surface area (TPSA) is 50.4 Å². The van der Waals surface area contributed by atoms with Crippen molar-refractivity contribution in [2.45, 2.75) is 27.7 Å². The molecule has 3 nitrogen and oxygen atoms in total. The van der Waals surface area contributed by atoms with Gasteiger partial charge in [-0.15, -0.1) is 0 Å². The van der Waals surface area contributed by atoms with Gasteiger partial charge in [0.1, 0.15) is 0 Å². The van der Waals surface area contributed by atoms with Crippen LogP contribution in [-0.4, -0.2) is 12.5 Å². The second kappa shape index (κ2) is 5.71. The van der Waals surface area contributed by atoms with E-state index in [1.54, 1.807) is 0 Å². The van der Waals surface area contributed by atoms with Gasteiger partial charge in [-0.25, -0.2) is 0 Å². The van der Waals surface area contributed by atoms with Crippen molar-refractivity contribution in [3.05, 3.63) is 30.3 Å². The molecule has 94 valence electrons. The maximum absolute atomic E-state index is 5.84. The van der Waals surface area contributed by atoms with Gasteiger partial charge in [-0.1, -0.05) is 45.9 Å². The number of nitrogens with two attached hydrogens (primary N) is 1. The Morgan fingerprint density at radius 3 is 2.41 bits per heavy atom. The summed E-state index contributed by atoms with van der Waals surface area (Å²) in [5.74, 6) is 0.978. The minimum Gasteiger partial charge on any atom is -0.370 e. The van der Waals surface area contributed by atoms with Crippen molar-refractivity contribution in [3.63, 3.8) is 0 Å². The molecule has 1 unspecified atom stereocenters. The van der Waals surface area contributed by atoms with E-state index in [4.69, 9.17) is 5.73 Å². The molecule has 0 fully saturated rings. The van der Waals surface area contributed by atoms with E-state index in [0.717, 1.165) is 12.2 Å². The van der Waals surface area contributed by atoms with Gasteiger partial charge in [-0.2, -0.15) is 0 Å². The SMILES string of the molecule is CC(CN=C(N)Nc1ccccc1)C(C)(C)C. The van der Waals surface area contributed by atoms with Gasteiger partial charge in [0, 0.05) is 12.2 Å². The summed E-state index contributed by atoms with van der Waals surface area (Å²) in [7, 11) is 0. The molecule has 0 spiro atoms. The minimum atomic E-state index is 0.260. The number of benzene rings is 1. The van der Waals surface area contributed by atoms with Gasteiger partial charge in [0.05, 0.1) is 0 Å². The molecule has 0 aliphatic rings. The number of nitrogens with zero attached hydrogens (tertiary/aromatic N) is 1. The standard InChI is InChI=1S/C14H23N3/c1-11(14(2,3)4)10-16-13(15)17-12-8-6-5-7-9-12/h5-9,11H,10H2,1-4H3,(H3,15,16,17). The monoisotopic (exact) mass is 233 g/mol. The summed E-state index contributed by atoms with van der Waals surface area (Å²) in [5.41, 5.74) is 7.07. The van der Waals surface area contributed by atoms with E-state index in [1.165, 1.54) is 0 Å². The summed E-state index contributed by atoms with van der Waals surface area (Å²) in [6.45, 7) is 9.59. The van der Waals surface area contributed by atoms with E-state index >= 15 is 0 Å². The molecule has 1 atom stereocenters. The first-order valence-electron chi connectivity index (χ1n) is 6.01. The van der Waals surface area contributed by atoms with Crippen molar-refractivity contribution >= 4 is 11.6 Å². The lowest BCUT2D eigenvalue weighted by atomic mass is 9.82. The third-order valence-electron chi connectivity index (χ3n) is 3.06. The summed E-state index contributed by atoms with van der Waals surface area (Å²) < 4.78 is 0. The van der Waals surface area contributed by atoms with Crippen LogP contribution in [0.15, 0.2) is 35.3 Å². The maximum atomic E-state index is 5.84. The first-order chi connectivity index (χ1) is 7.89. The zero-order valence-electron chi connectivity index (χ0n) is 11.2. The van der Waals surface area contributed by atoms with Crippen LogP contribution in [0.4, 0.5) is 5.69 Å². The molecular formula is C14H23N3. The van der Waals surface area contributed by atoms with Crippen LogP contribution in [0, 0.1) is 11.3 Å². The van der Waals surface area contributed by atoms with Gasteiger partial charge in [0.25, 0.3) is 0 Å². The van der Waals surface area contributed by atoms with Crippen LogP contribution in [0.1, 0.15) is 27.7 Å². The number of aliphatic imine (C=N–C) groups is 1. The quantitative estimate of drug-likeness (QED) is 0.622. The van der Waals surface area contributed by atoms with Crippen LogP contribution < -0.4 is 11.1 Å². The molecule has 0 saturated carbocycles. The first-order valence-corrected chi connectivity index (χ1v) is 6.01. The molecule has 1 aromatic rings. The van der Waals surface area contributed by atoms with Crippen LogP contribution in [0.2, 0.25) is 0 Å². The number of hydrogen-bond acceptors (Lipinski definition) is 1. The molecule has 0 heterocycles. The van der Waals surface area contributed by atoms with Crippen LogP contribution in [0.5, 0.6) is 0 Å². The molecule has 0 aliphatic carbocycles. The highest BCUT2D eigenvalue weighted by Gasteiger charge is 2.19. The lowest BCUT2D eigenvalue weighted by Crippen LogP contribution is -2.26. The molecule has 0 radical (unpaired) electrons. The van der Waals surface area contributed by atoms with Crippen molar-refractivity contribution < 1.29 is 0 Å². The molecule has 1 aromatic carbocycles. The molecule has 0 aromatic heterocycles. The second-order valence-electron chi connectivity index (χ2n) is 5.48. The molecule has 0 bridgehead atoms. The Bertz CT molecular complexity index is 363. The highest BCUT2D eigenvalue weighted by atomic mass is 15.1. The number of guanidine groups is 1. The maximum Gasteiger partial charge on any atom is 0.193 e. The Labute approximate surface area is 104 Å². The molecule has 1 rings (SSSR count). The molecule has 0 amide bonds. The number of nitrogens with one attached hydrogen (secondary N) is 1. The lowest BCUT2D eigenvalue weighted by Gasteiger charge is -2.25. The van der Waals surface area contributed by atoms with E-state index < -0.39 is 0 Å². The van der Waals surface area contributed by atoms with Crippen LogP contribution in [0.3, 0.4) is 0 Å². The average molecular weight is 233 g/mol. The minimum absolute atomic E-state index is 0.260. The average Bonchev–Trinajstić information content (AvgIpc) is 2.26. The number of anilines is 1. The Morgan fingerprint density at radius 1 is 1.29 bits per heavy atom. The molecular weight excluding hydrogens is 210 g/mol. The highest BCUT2D eigenvalue weighted by molar-refractivity contribution is 5.92. The summed E-state index contributed by atoms with van der Waals surface area (Å²) in [6.07, 6.45) is 0. The molecule has 0 aliphatic heterocycles. The van der Waals surface area contributed by atoms with Crippen LogP contribution >= 0.6 is 0 Å². The largest absolute Gasteiger partial charge is 0.370 e. The number of rotatable bonds is 3. The zero-order chi connectivity index (χ0) is 12.9. The summed E-state index contributed by atoms with van der Waals surface area (Å²) in [6, 6.07) is 9.84. The zero-order valence-corrected chi connectivity index (χ0v) is 11.2. The van der Waals surface area contributed by atoms with Gasteiger partial charge >= 0.3 is 0 Å².